The molecule has 0 radical (unpaired) electrons. The van der Waals surface area contributed by atoms with Crippen LogP contribution in [0.3, 0.4) is 0 Å². The van der Waals surface area contributed by atoms with E-state index >= 15 is 0 Å². The Labute approximate surface area is 191 Å². The second-order valence-corrected chi connectivity index (χ2v) is 9.70. The van der Waals surface area contributed by atoms with E-state index in [1.54, 1.807) is 0 Å². The summed E-state index contributed by atoms with van der Waals surface area (Å²) in [4.78, 5) is 44.0. The van der Waals surface area contributed by atoms with Gasteiger partial charge < -0.3 is 14.7 Å². The zero-order chi connectivity index (χ0) is 22.3. The predicted molar refractivity (Wildman–Crippen MR) is 124 cm³/mol. The molecule has 1 aliphatic carbocycles. The highest BCUT2D eigenvalue weighted by molar-refractivity contribution is 5.81. The third-order valence-corrected chi connectivity index (χ3v) is 7.55. The number of amides is 3. The minimum absolute atomic E-state index is 0.00825. The smallest absolute Gasteiger partial charge is 0.225 e. The summed E-state index contributed by atoms with van der Waals surface area (Å²) in [6.07, 6.45) is 8.38. The van der Waals surface area contributed by atoms with Crippen LogP contribution in [0.2, 0.25) is 0 Å². The highest BCUT2D eigenvalue weighted by Crippen LogP contribution is 2.28. The van der Waals surface area contributed by atoms with Crippen LogP contribution in [-0.4, -0.2) is 71.7 Å². The average molecular weight is 440 g/mol. The van der Waals surface area contributed by atoms with E-state index in [9.17, 15) is 14.4 Å². The minimum Gasteiger partial charge on any atom is -0.343 e. The van der Waals surface area contributed by atoms with E-state index < -0.39 is 0 Å². The molecule has 2 saturated heterocycles. The summed E-state index contributed by atoms with van der Waals surface area (Å²) in [6, 6.07) is 10.1. The first-order valence-corrected chi connectivity index (χ1v) is 12.5. The maximum absolute atomic E-state index is 13.0. The lowest BCUT2D eigenvalue weighted by Gasteiger charge is -2.39. The van der Waals surface area contributed by atoms with Crippen molar-refractivity contribution < 1.29 is 14.4 Å². The van der Waals surface area contributed by atoms with Crippen LogP contribution in [-0.2, 0) is 20.8 Å². The van der Waals surface area contributed by atoms with Gasteiger partial charge in [-0.05, 0) is 43.6 Å². The second-order valence-electron chi connectivity index (χ2n) is 9.70. The Kier molecular flexibility index (Phi) is 7.82. The maximum Gasteiger partial charge on any atom is 0.225 e. The summed E-state index contributed by atoms with van der Waals surface area (Å²) < 4.78 is 0. The molecule has 4 rings (SSSR count). The second kappa shape index (κ2) is 11.0. The SMILES string of the molecule is O=C(CCc1ccccc1)N1CCC(C(=O)N2CCN(C(=O)CC3CCCC3)CC2)CC1. The summed E-state index contributed by atoms with van der Waals surface area (Å²) >= 11 is 0. The summed E-state index contributed by atoms with van der Waals surface area (Å²) in [7, 11) is 0. The molecule has 3 amide bonds. The van der Waals surface area contributed by atoms with Gasteiger partial charge in [-0.2, -0.15) is 0 Å². The lowest BCUT2D eigenvalue weighted by atomic mass is 9.94. The van der Waals surface area contributed by atoms with Gasteiger partial charge in [-0.15, -0.1) is 0 Å². The van der Waals surface area contributed by atoms with Gasteiger partial charge in [0.05, 0.1) is 0 Å². The molecule has 0 aromatic heterocycles. The molecule has 2 aliphatic heterocycles. The minimum atomic E-state index is 0.00825. The standard InChI is InChI=1S/C26H37N3O3/c30-24(11-10-21-6-2-1-3-7-21)27-14-12-23(13-15-27)26(32)29-18-16-28(17-19-29)25(31)20-22-8-4-5-9-22/h1-3,6-7,22-23H,4-5,8-20H2. The van der Waals surface area contributed by atoms with Crippen LogP contribution in [0, 0.1) is 11.8 Å². The first-order chi connectivity index (χ1) is 15.6. The van der Waals surface area contributed by atoms with E-state index in [1.165, 1.54) is 31.2 Å². The lowest BCUT2D eigenvalue weighted by Crippen LogP contribution is -2.53. The van der Waals surface area contributed by atoms with Gasteiger partial charge in [-0.1, -0.05) is 43.2 Å². The number of hydrogen-bond acceptors (Lipinski definition) is 3. The molecule has 1 aromatic rings. The van der Waals surface area contributed by atoms with Gasteiger partial charge in [0.15, 0.2) is 0 Å². The van der Waals surface area contributed by atoms with E-state index in [0.29, 0.717) is 58.0 Å². The normalized spacial score (nSPS) is 20.6. The third kappa shape index (κ3) is 5.90. The number of aryl methyl sites for hydroxylation is 1. The van der Waals surface area contributed by atoms with Crippen LogP contribution in [0.5, 0.6) is 0 Å². The van der Waals surface area contributed by atoms with Gasteiger partial charge in [0, 0.05) is 58.0 Å². The van der Waals surface area contributed by atoms with E-state index in [4.69, 9.17) is 0 Å². The molecule has 2 heterocycles. The molecule has 0 unspecified atom stereocenters. The van der Waals surface area contributed by atoms with Crippen LogP contribution >= 0.6 is 0 Å². The summed E-state index contributed by atoms with van der Waals surface area (Å²) in [6.45, 7) is 3.95. The largest absolute Gasteiger partial charge is 0.343 e. The molecular formula is C26H37N3O3. The number of piperidine rings is 1. The van der Waals surface area contributed by atoms with Crippen LogP contribution in [0.4, 0.5) is 0 Å². The van der Waals surface area contributed by atoms with E-state index in [0.717, 1.165) is 19.3 Å². The Balaban J connectivity index is 1.16. The fraction of sp³-hybridized carbons (Fsp3) is 0.654. The number of carbonyl (C=O) groups excluding carboxylic acids is 3. The average Bonchev–Trinajstić information content (AvgIpc) is 3.36. The molecule has 0 N–H and O–H groups in total. The molecule has 3 fully saturated rings. The molecule has 6 heteroatoms. The highest BCUT2D eigenvalue weighted by Gasteiger charge is 2.32. The van der Waals surface area contributed by atoms with Crippen molar-refractivity contribution in [2.24, 2.45) is 11.8 Å². The monoisotopic (exact) mass is 439 g/mol. The van der Waals surface area contributed by atoms with Gasteiger partial charge in [-0.3, -0.25) is 14.4 Å². The Morgan fingerprint density at radius 2 is 1.31 bits per heavy atom. The molecule has 0 atom stereocenters. The van der Waals surface area contributed by atoms with Gasteiger partial charge in [-0.25, -0.2) is 0 Å². The Morgan fingerprint density at radius 1 is 0.719 bits per heavy atom. The molecule has 0 bridgehead atoms. The molecule has 6 nitrogen and oxygen atoms in total. The van der Waals surface area contributed by atoms with Crippen LogP contribution < -0.4 is 0 Å². The first kappa shape index (κ1) is 22.8. The van der Waals surface area contributed by atoms with Crippen molar-refractivity contribution in [2.75, 3.05) is 39.3 Å². The molecule has 174 valence electrons. The zero-order valence-corrected chi connectivity index (χ0v) is 19.2. The number of hydrogen-bond donors (Lipinski definition) is 0. The fourth-order valence-corrected chi connectivity index (χ4v) is 5.45. The maximum atomic E-state index is 13.0. The topological polar surface area (TPSA) is 60.9 Å². The van der Waals surface area contributed by atoms with Crippen molar-refractivity contribution in [1.82, 2.24) is 14.7 Å². The zero-order valence-electron chi connectivity index (χ0n) is 19.2. The Morgan fingerprint density at radius 3 is 1.97 bits per heavy atom. The van der Waals surface area contributed by atoms with Crippen molar-refractivity contribution in [3.63, 3.8) is 0 Å². The molecule has 0 spiro atoms. The third-order valence-electron chi connectivity index (χ3n) is 7.55. The molecule has 3 aliphatic rings. The number of likely N-dealkylation sites (tertiary alicyclic amines) is 1. The van der Waals surface area contributed by atoms with Crippen molar-refractivity contribution in [2.45, 2.75) is 57.8 Å². The fourth-order valence-electron chi connectivity index (χ4n) is 5.45. The number of piperazine rings is 1. The Bertz CT molecular complexity index is 775. The van der Waals surface area contributed by atoms with Gasteiger partial charge in [0.1, 0.15) is 0 Å². The number of nitrogens with zero attached hydrogens (tertiary/aromatic N) is 3. The van der Waals surface area contributed by atoms with E-state index in [-0.39, 0.29) is 23.6 Å². The number of carbonyl (C=O) groups is 3. The van der Waals surface area contributed by atoms with E-state index in [2.05, 4.69) is 12.1 Å². The van der Waals surface area contributed by atoms with Crippen molar-refractivity contribution >= 4 is 17.7 Å². The predicted octanol–water partition coefficient (Wildman–Crippen LogP) is 3.11. The molecular weight excluding hydrogens is 402 g/mol. The van der Waals surface area contributed by atoms with E-state index in [1.807, 2.05) is 32.9 Å². The van der Waals surface area contributed by atoms with Crippen LogP contribution in [0.1, 0.15) is 56.9 Å². The summed E-state index contributed by atoms with van der Waals surface area (Å²) in [5.74, 6) is 1.25. The number of benzene rings is 1. The number of rotatable bonds is 6. The van der Waals surface area contributed by atoms with Crippen LogP contribution in [0.15, 0.2) is 30.3 Å². The molecule has 32 heavy (non-hydrogen) atoms. The van der Waals surface area contributed by atoms with Crippen molar-refractivity contribution in [3.8, 4) is 0 Å². The molecule has 1 saturated carbocycles. The molecule has 1 aromatic carbocycles. The summed E-state index contributed by atoms with van der Waals surface area (Å²) in [5, 5.41) is 0. The lowest BCUT2D eigenvalue weighted by molar-refractivity contribution is -0.144. The van der Waals surface area contributed by atoms with Gasteiger partial charge in [0.25, 0.3) is 0 Å². The van der Waals surface area contributed by atoms with Crippen molar-refractivity contribution in [1.29, 1.82) is 0 Å². The summed E-state index contributed by atoms with van der Waals surface area (Å²) in [5.41, 5.74) is 1.19. The van der Waals surface area contributed by atoms with Crippen molar-refractivity contribution in [3.05, 3.63) is 35.9 Å². The first-order valence-electron chi connectivity index (χ1n) is 12.5. The van der Waals surface area contributed by atoms with Gasteiger partial charge >= 0.3 is 0 Å². The highest BCUT2D eigenvalue weighted by atomic mass is 16.2. The Hall–Kier alpha value is -2.37. The van der Waals surface area contributed by atoms with Gasteiger partial charge in [0.2, 0.25) is 17.7 Å². The van der Waals surface area contributed by atoms with Crippen LogP contribution in [0.25, 0.3) is 0 Å². The quantitative estimate of drug-likeness (QED) is 0.684.